The molecule has 0 saturated heterocycles. The lowest BCUT2D eigenvalue weighted by Gasteiger charge is -2.31. The van der Waals surface area contributed by atoms with E-state index < -0.39 is 0 Å². The van der Waals surface area contributed by atoms with Crippen LogP contribution in [0.25, 0.3) is 0 Å². The van der Waals surface area contributed by atoms with E-state index in [1.165, 1.54) is 37.7 Å². The maximum atomic E-state index is 10.6. The Morgan fingerprint density at radius 1 is 1.26 bits per heavy atom. The summed E-state index contributed by atoms with van der Waals surface area (Å²) in [6.45, 7) is 3.07. The SMILES string of the molecule is CCC1CCC(C(O)c2ccc3c(c2)CCO3)CC1. The van der Waals surface area contributed by atoms with Crippen LogP contribution in [0.4, 0.5) is 0 Å². The molecule has 2 heteroatoms. The molecular formula is C17H24O2. The molecule has 0 spiro atoms. The van der Waals surface area contributed by atoms with Gasteiger partial charge in [0.15, 0.2) is 0 Å². The number of hydrogen-bond donors (Lipinski definition) is 1. The standard InChI is InChI=1S/C17H24O2/c1-2-12-3-5-13(6-4-12)17(18)15-7-8-16-14(11-15)9-10-19-16/h7-8,11-13,17-18H,2-6,9-10H2,1H3. The highest BCUT2D eigenvalue weighted by Crippen LogP contribution is 2.39. The van der Waals surface area contributed by atoms with Crippen molar-refractivity contribution in [1.82, 2.24) is 0 Å². The molecule has 1 saturated carbocycles. The van der Waals surface area contributed by atoms with Gasteiger partial charge in [-0.1, -0.05) is 32.3 Å². The summed E-state index contributed by atoms with van der Waals surface area (Å²) in [7, 11) is 0. The summed E-state index contributed by atoms with van der Waals surface area (Å²) in [6.07, 6.45) is 6.90. The first-order chi connectivity index (χ1) is 9.28. The molecule has 104 valence electrons. The zero-order valence-corrected chi connectivity index (χ0v) is 11.8. The molecule has 1 atom stereocenters. The molecule has 1 heterocycles. The first-order valence-electron chi connectivity index (χ1n) is 7.71. The minimum Gasteiger partial charge on any atom is -0.493 e. The Balaban J connectivity index is 1.68. The molecule has 1 aromatic rings. The first-order valence-corrected chi connectivity index (χ1v) is 7.71. The molecule has 1 fully saturated rings. The Morgan fingerprint density at radius 2 is 2.05 bits per heavy atom. The predicted molar refractivity (Wildman–Crippen MR) is 76.3 cm³/mol. The molecule has 1 N–H and O–H groups in total. The number of ether oxygens (including phenoxy) is 1. The number of hydrogen-bond acceptors (Lipinski definition) is 2. The lowest BCUT2D eigenvalue weighted by molar-refractivity contribution is 0.0729. The van der Waals surface area contributed by atoms with Crippen molar-refractivity contribution in [3.63, 3.8) is 0 Å². The van der Waals surface area contributed by atoms with Crippen LogP contribution in [0.1, 0.15) is 56.3 Å². The number of aliphatic hydroxyl groups excluding tert-OH is 1. The van der Waals surface area contributed by atoms with Crippen molar-refractivity contribution < 1.29 is 9.84 Å². The highest BCUT2D eigenvalue weighted by atomic mass is 16.5. The molecular weight excluding hydrogens is 236 g/mol. The molecule has 1 unspecified atom stereocenters. The van der Waals surface area contributed by atoms with Gasteiger partial charge < -0.3 is 9.84 Å². The zero-order chi connectivity index (χ0) is 13.2. The smallest absolute Gasteiger partial charge is 0.122 e. The monoisotopic (exact) mass is 260 g/mol. The topological polar surface area (TPSA) is 29.5 Å². The summed E-state index contributed by atoms with van der Waals surface area (Å²) in [4.78, 5) is 0. The van der Waals surface area contributed by atoms with Gasteiger partial charge in [-0.3, -0.25) is 0 Å². The van der Waals surface area contributed by atoms with Gasteiger partial charge in [-0.15, -0.1) is 0 Å². The van der Waals surface area contributed by atoms with Gasteiger partial charge in [-0.25, -0.2) is 0 Å². The fourth-order valence-electron chi connectivity index (χ4n) is 3.57. The second kappa shape index (κ2) is 5.54. The average molecular weight is 260 g/mol. The Hall–Kier alpha value is -1.02. The van der Waals surface area contributed by atoms with E-state index in [2.05, 4.69) is 13.0 Å². The molecule has 19 heavy (non-hydrogen) atoms. The van der Waals surface area contributed by atoms with Gasteiger partial charge in [0.2, 0.25) is 0 Å². The fraction of sp³-hybridized carbons (Fsp3) is 0.647. The van der Waals surface area contributed by atoms with Gasteiger partial charge in [-0.2, -0.15) is 0 Å². The summed E-state index contributed by atoms with van der Waals surface area (Å²) < 4.78 is 5.53. The van der Waals surface area contributed by atoms with Crippen molar-refractivity contribution in [2.45, 2.75) is 51.6 Å². The third-order valence-electron chi connectivity index (χ3n) is 4.97. The largest absolute Gasteiger partial charge is 0.493 e. The molecule has 0 amide bonds. The molecule has 0 bridgehead atoms. The van der Waals surface area contributed by atoms with E-state index in [0.29, 0.717) is 5.92 Å². The maximum absolute atomic E-state index is 10.6. The summed E-state index contributed by atoms with van der Waals surface area (Å²) in [5.74, 6) is 2.34. The van der Waals surface area contributed by atoms with Crippen LogP contribution in [-0.2, 0) is 6.42 Å². The van der Waals surface area contributed by atoms with E-state index in [4.69, 9.17) is 4.74 Å². The van der Waals surface area contributed by atoms with Crippen molar-refractivity contribution in [1.29, 1.82) is 0 Å². The summed E-state index contributed by atoms with van der Waals surface area (Å²) in [6, 6.07) is 6.22. The molecule has 3 rings (SSSR count). The van der Waals surface area contributed by atoms with Crippen LogP contribution in [0.2, 0.25) is 0 Å². The average Bonchev–Trinajstić information content (AvgIpc) is 2.94. The minimum atomic E-state index is -0.288. The van der Waals surface area contributed by atoms with E-state index in [9.17, 15) is 5.11 Å². The first kappa shape index (κ1) is 13.0. The van der Waals surface area contributed by atoms with Crippen LogP contribution in [0.15, 0.2) is 18.2 Å². The Labute approximate surface area is 115 Å². The molecule has 2 aliphatic rings. The van der Waals surface area contributed by atoms with Gasteiger partial charge >= 0.3 is 0 Å². The van der Waals surface area contributed by atoms with Gasteiger partial charge in [0.1, 0.15) is 5.75 Å². The van der Waals surface area contributed by atoms with E-state index >= 15 is 0 Å². The van der Waals surface area contributed by atoms with Crippen molar-refractivity contribution in [3.8, 4) is 5.75 Å². The number of aliphatic hydroxyl groups is 1. The minimum absolute atomic E-state index is 0.288. The molecule has 1 aliphatic heterocycles. The second-order valence-electron chi connectivity index (χ2n) is 6.10. The number of fused-ring (bicyclic) bond motifs is 1. The lowest BCUT2D eigenvalue weighted by atomic mass is 9.77. The highest BCUT2D eigenvalue weighted by molar-refractivity contribution is 5.40. The van der Waals surface area contributed by atoms with Crippen molar-refractivity contribution in [2.24, 2.45) is 11.8 Å². The molecule has 0 aromatic heterocycles. The van der Waals surface area contributed by atoms with Crippen LogP contribution in [0, 0.1) is 11.8 Å². The van der Waals surface area contributed by atoms with Gasteiger partial charge in [0, 0.05) is 6.42 Å². The van der Waals surface area contributed by atoms with E-state index in [1.54, 1.807) is 0 Å². The third-order valence-corrected chi connectivity index (χ3v) is 4.97. The van der Waals surface area contributed by atoms with E-state index in [1.807, 2.05) is 12.1 Å². The summed E-state index contributed by atoms with van der Waals surface area (Å²) in [5, 5.41) is 10.6. The fourth-order valence-corrected chi connectivity index (χ4v) is 3.57. The summed E-state index contributed by atoms with van der Waals surface area (Å²) in [5.41, 5.74) is 2.35. The van der Waals surface area contributed by atoms with Crippen LogP contribution in [0.5, 0.6) is 5.75 Å². The van der Waals surface area contributed by atoms with Gasteiger partial charge in [0.25, 0.3) is 0 Å². The lowest BCUT2D eigenvalue weighted by Crippen LogP contribution is -2.20. The molecule has 0 radical (unpaired) electrons. The van der Waals surface area contributed by atoms with Crippen molar-refractivity contribution in [3.05, 3.63) is 29.3 Å². The Kier molecular flexibility index (Phi) is 3.79. The second-order valence-corrected chi connectivity index (χ2v) is 6.10. The maximum Gasteiger partial charge on any atom is 0.122 e. The van der Waals surface area contributed by atoms with Crippen molar-refractivity contribution in [2.75, 3.05) is 6.61 Å². The van der Waals surface area contributed by atoms with Crippen LogP contribution < -0.4 is 4.74 Å². The summed E-state index contributed by atoms with van der Waals surface area (Å²) >= 11 is 0. The van der Waals surface area contributed by atoms with Gasteiger partial charge in [0.05, 0.1) is 12.7 Å². The Morgan fingerprint density at radius 3 is 2.79 bits per heavy atom. The normalized spacial score (nSPS) is 27.7. The zero-order valence-electron chi connectivity index (χ0n) is 11.8. The Bertz CT molecular complexity index is 433. The predicted octanol–water partition coefficient (Wildman–Crippen LogP) is 3.87. The van der Waals surface area contributed by atoms with Crippen molar-refractivity contribution >= 4 is 0 Å². The quantitative estimate of drug-likeness (QED) is 0.894. The number of benzene rings is 1. The van der Waals surface area contributed by atoms with Gasteiger partial charge in [-0.05, 0) is 47.9 Å². The van der Waals surface area contributed by atoms with Crippen LogP contribution >= 0.6 is 0 Å². The van der Waals surface area contributed by atoms with Crippen LogP contribution in [-0.4, -0.2) is 11.7 Å². The van der Waals surface area contributed by atoms with E-state index in [-0.39, 0.29) is 6.10 Å². The van der Waals surface area contributed by atoms with E-state index in [0.717, 1.165) is 30.3 Å². The third kappa shape index (κ3) is 2.64. The molecule has 1 aromatic carbocycles. The van der Waals surface area contributed by atoms with Crippen LogP contribution in [0.3, 0.4) is 0 Å². The number of rotatable bonds is 3. The molecule has 2 nitrogen and oxygen atoms in total. The highest BCUT2D eigenvalue weighted by Gasteiger charge is 2.27. The molecule has 1 aliphatic carbocycles.